The fourth-order valence-corrected chi connectivity index (χ4v) is 2.17. The lowest BCUT2D eigenvalue weighted by atomic mass is 9.77. The summed E-state index contributed by atoms with van der Waals surface area (Å²) >= 11 is 0. The number of aliphatic hydroxyl groups excluding tert-OH is 1. The van der Waals surface area contributed by atoms with Crippen molar-refractivity contribution in [3.63, 3.8) is 0 Å². The fourth-order valence-electron chi connectivity index (χ4n) is 2.17. The number of nitrogens with one attached hydrogen (secondary N) is 1. The van der Waals surface area contributed by atoms with Crippen molar-refractivity contribution < 1.29 is 5.11 Å². The van der Waals surface area contributed by atoms with Crippen LogP contribution < -0.4 is 5.32 Å². The van der Waals surface area contributed by atoms with Gasteiger partial charge in [0.1, 0.15) is 0 Å². The summed E-state index contributed by atoms with van der Waals surface area (Å²) in [4.78, 5) is 0. The topological polar surface area (TPSA) is 32.3 Å². The maximum Gasteiger partial charge on any atom is 0.0613 e. The van der Waals surface area contributed by atoms with Crippen molar-refractivity contribution in [2.45, 2.75) is 64.5 Å². The van der Waals surface area contributed by atoms with Crippen molar-refractivity contribution in [2.75, 3.05) is 6.61 Å². The molecule has 2 heteroatoms. The van der Waals surface area contributed by atoms with E-state index in [1.807, 2.05) is 0 Å². The highest BCUT2D eigenvalue weighted by molar-refractivity contribution is 4.98. The second-order valence-corrected chi connectivity index (χ2v) is 5.20. The lowest BCUT2D eigenvalue weighted by Gasteiger charge is -2.43. The molecule has 0 spiro atoms. The average molecular weight is 211 g/mol. The van der Waals surface area contributed by atoms with Crippen LogP contribution in [-0.2, 0) is 0 Å². The maximum absolute atomic E-state index is 9.32. The summed E-state index contributed by atoms with van der Waals surface area (Å²) in [6.07, 6.45) is 8.11. The Morgan fingerprint density at radius 2 is 2.13 bits per heavy atom. The van der Waals surface area contributed by atoms with Gasteiger partial charge in [0.2, 0.25) is 0 Å². The third-order valence-electron chi connectivity index (χ3n) is 3.32. The van der Waals surface area contributed by atoms with Crippen LogP contribution in [0.25, 0.3) is 0 Å². The number of aliphatic hydroxyl groups is 1. The number of hydrogen-bond donors (Lipinski definition) is 2. The van der Waals surface area contributed by atoms with Gasteiger partial charge in [-0.3, -0.25) is 0 Å². The minimum atomic E-state index is 0.0599. The van der Waals surface area contributed by atoms with E-state index in [0.717, 1.165) is 25.7 Å². The van der Waals surface area contributed by atoms with Crippen LogP contribution in [0.4, 0.5) is 0 Å². The molecular formula is C13H25NO. The normalized spacial score (nSPS) is 20.5. The first-order chi connectivity index (χ1) is 7.08. The van der Waals surface area contributed by atoms with E-state index >= 15 is 0 Å². The van der Waals surface area contributed by atoms with Crippen LogP contribution in [0.2, 0.25) is 0 Å². The van der Waals surface area contributed by atoms with Crippen molar-refractivity contribution in [1.29, 1.82) is 0 Å². The molecule has 1 aliphatic rings. The summed E-state index contributed by atoms with van der Waals surface area (Å²) in [7, 11) is 0. The molecule has 1 atom stereocenters. The third-order valence-corrected chi connectivity index (χ3v) is 3.32. The van der Waals surface area contributed by atoms with Crippen LogP contribution in [0.15, 0.2) is 11.6 Å². The number of hydrogen-bond acceptors (Lipinski definition) is 2. The number of rotatable bonds is 6. The molecule has 15 heavy (non-hydrogen) atoms. The van der Waals surface area contributed by atoms with Gasteiger partial charge in [0, 0.05) is 11.6 Å². The Morgan fingerprint density at radius 3 is 2.53 bits per heavy atom. The van der Waals surface area contributed by atoms with Crippen molar-refractivity contribution in [3.8, 4) is 0 Å². The molecule has 1 fully saturated rings. The van der Waals surface area contributed by atoms with Gasteiger partial charge in [0.25, 0.3) is 0 Å². The quantitative estimate of drug-likeness (QED) is 0.662. The summed E-state index contributed by atoms with van der Waals surface area (Å²) in [5.41, 5.74) is 1.45. The average Bonchev–Trinajstić information content (AvgIpc) is 2.11. The van der Waals surface area contributed by atoms with Gasteiger partial charge in [-0.1, -0.05) is 11.6 Å². The van der Waals surface area contributed by atoms with E-state index in [1.54, 1.807) is 0 Å². The molecule has 1 unspecified atom stereocenters. The van der Waals surface area contributed by atoms with Gasteiger partial charge in [-0.2, -0.15) is 0 Å². The number of allylic oxidation sites excluding steroid dienone is 2. The standard InChI is InChI=1S/C13H25NO/c1-11(2)6-4-7-12(3)14-13(10-15)8-5-9-13/h6,12,14-15H,4-5,7-10H2,1-3H3. The maximum atomic E-state index is 9.32. The Hall–Kier alpha value is -0.340. The van der Waals surface area contributed by atoms with Crippen LogP contribution in [0.5, 0.6) is 0 Å². The predicted molar refractivity (Wildman–Crippen MR) is 64.9 cm³/mol. The molecule has 2 nitrogen and oxygen atoms in total. The molecule has 0 aromatic rings. The van der Waals surface area contributed by atoms with Gasteiger partial charge in [-0.15, -0.1) is 0 Å². The van der Waals surface area contributed by atoms with Crippen LogP contribution in [-0.4, -0.2) is 23.3 Å². The van der Waals surface area contributed by atoms with Gasteiger partial charge in [-0.25, -0.2) is 0 Å². The van der Waals surface area contributed by atoms with Gasteiger partial charge in [0.15, 0.2) is 0 Å². The Bertz CT molecular complexity index is 209. The SMILES string of the molecule is CC(C)=CCCC(C)NC1(CO)CCC1. The molecule has 0 heterocycles. The van der Waals surface area contributed by atoms with E-state index in [2.05, 4.69) is 32.2 Å². The Labute approximate surface area is 93.8 Å². The molecule has 0 amide bonds. The lowest BCUT2D eigenvalue weighted by molar-refractivity contribution is 0.0777. The van der Waals surface area contributed by atoms with Crippen molar-refractivity contribution in [1.82, 2.24) is 5.32 Å². The monoisotopic (exact) mass is 211 g/mol. The first-order valence-corrected chi connectivity index (χ1v) is 6.10. The van der Waals surface area contributed by atoms with E-state index < -0.39 is 0 Å². The molecule has 0 radical (unpaired) electrons. The van der Waals surface area contributed by atoms with Crippen LogP contribution in [0.1, 0.15) is 52.9 Å². The molecule has 0 aliphatic heterocycles. The summed E-state index contributed by atoms with van der Waals surface area (Å²) in [5.74, 6) is 0. The highest BCUT2D eigenvalue weighted by Gasteiger charge is 2.36. The molecule has 0 aromatic heterocycles. The largest absolute Gasteiger partial charge is 0.394 e. The molecule has 0 saturated heterocycles. The van der Waals surface area contributed by atoms with Crippen LogP contribution in [0.3, 0.4) is 0 Å². The van der Waals surface area contributed by atoms with Crippen LogP contribution >= 0.6 is 0 Å². The molecule has 0 bridgehead atoms. The summed E-state index contributed by atoms with van der Waals surface area (Å²) in [6.45, 7) is 6.78. The van der Waals surface area contributed by atoms with E-state index in [9.17, 15) is 5.11 Å². The van der Waals surface area contributed by atoms with Crippen molar-refractivity contribution >= 4 is 0 Å². The lowest BCUT2D eigenvalue weighted by Crippen LogP contribution is -2.56. The second kappa shape index (κ2) is 5.66. The van der Waals surface area contributed by atoms with Crippen LogP contribution in [0, 0.1) is 0 Å². The van der Waals surface area contributed by atoms with Gasteiger partial charge in [-0.05, 0) is 52.9 Å². The van der Waals surface area contributed by atoms with Gasteiger partial charge >= 0.3 is 0 Å². The minimum Gasteiger partial charge on any atom is -0.394 e. The first kappa shape index (κ1) is 12.7. The van der Waals surface area contributed by atoms with E-state index in [0.29, 0.717) is 12.6 Å². The molecule has 1 saturated carbocycles. The smallest absolute Gasteiger partial charge is 0.0613 e. The summed E-state index contributed by atoms with van der Waals surface area (Å²) in [6, 6.07) is 0.507. The molecule has 0 aromatic carbocycles. The van der Waals surface area contributed by atoms with E-state index in [-0.39, 0.29) is 5.54 Å². The molecule has 1 aliphatic carbocycles. The summed E-state index contributed by atoms with van der Waals surface area (Å²) < 4.78 is 0. The summed E-state index contributed by atoms with van der Waals surface area (Å²) in [5, 5.41) is 12.9. The first-order valence-electron chi connectivity index (χ1n) is 6.10. The molecule has 1 rings (SSSR count). The van der Waals surface area contributed by atoms with E-state index in [4.69, 9.17) is 0 Å². The Kier molecular flexibility index (Phi) is 4.81. The Morgan fingerprint density at radius 1 is 1.47 bits per heavy atom. The highest BCUT2D eigenvalue weighted by atomic mass is 16.3. The predicted octanol–water partition coefficient (Wildman–Crippen LogP) is 2.63. The second-order valence-electron chi connectivity index (χ2n) is 5.20. The Balaban J connectivity index is 2.23. The van der Waals surface area contributed by atoms with Crippen molar-refractivity contribution in [2.24, 2.45) is 0 Å². The zero-order valence-corrected chi connectivity index (χ0v) is 10.3. The third kappa shape index (κ3) is 3.96. The molecular weight excluding hydrogens is 186 g/mol. The van der Waals surface area contributed by atoms with E-state index in [1.165, 1.54) is 12.0 Å². The highest BCUT2D eigenvalue weighted by Crippen LogP contribution is 2.31. The minimum absolute atomic E-state index is 0.0599. The van der Waals surface area contributed by atoms with Gasteiger partial charge in [0.05, 0.1) is 6.61 Å². The zero-order chi connectivity index (χ0) is 11.3. The van der Waals surface area contributed by atoms with Crippen molar-refractivity contribution in [3.05, 3.63) is 11.6 Å². The zero-order valence-electron chi connectivity index (χ0n) is 10.3. The fraction of sp³-hybridized carbons (Fsp3) is 0.846. The van der Waals surface area contributed by atoms with Gasteiger partial charge < -0.3 is 10.4 Å². The molecule has 88 valence electrons. The molecule has 2 N–H and O–H groups in total.